The number of anilines is 1. The minimum atomic E-state index is -0.290. The summed E-state index contributed by atoms with van der Waals surface area (Å²) < 4.78 is 15.0. The normalized spacial score (nSPS) is 11.1. The number of nitrogens with zero attached hydrogens (tertiary/aromatic N) is 4. The van der Waals surface area contributed by atoms with Gasteiger partial charge in [-0.05, 0) is 45.0 Å². The van der Waals surface area contributed by atoms with E-state index in [-0.39, 0.29) is 23.5 Å². The standard InChI is InChI=1S/C17H18FN5OS2/c1-10(2)23-9-19-22-17(23)25-8-14(24)20-16-21-15(11(3)26-16)12-4-6-13(18)7-5-12/h4-7,9-10H,8H2,1-3H3,(H,20,21,24). The fourth-order valence-electron chi connectivity index (χ4n) is 2.30. The molecule has 0 saturated heterocycles. The third kappa shape index (κ3) is 4.28. The third-order valence-corrected chi connectivity index (χ3v) is 5.43. The van der Waals surface area contributed by atoms with E-state index >= 15 is 0 Å². The first-order valence-corrected chi connectivity index (χ1v) is 9.79. The highest BCUT2D eigenvalue weighted by Gasteiger charge is 2.14. The summed E-state index contributed by atoms with van der Waals surface area (Å²) in [4.78, 5) is 17.6. The number of aryl methyl sites for hydroxylation is 1. The van der Waals surface area contributed by atoms with Gasteiger partial charge < -0.3 is 9.88 Å². The zero-order chi connectivity index (χ0) is 18.7. The molecule has 0 spiro atoms. The number of aromatic nitrogens is 4. The highest BCUT2D eigenvalue weighted by atomic mass is 32.2. The van der Waals surface area contributed by atoms with E-state index in [0.717, 1.165) is 16.1 Å². The molecule has 0 bridgehead atoms. The number of benzene rings is 1. The highest BCUT2D eigenvalue weighted by Crippen LogP contribution is 2.30. The molecule has 136 valence electrons. The lowest BCUT2D eigenvalue weighted by Gasteiger charge is -2.08. The van der Waals surface area contributed by atoms with Crippen LogP contribution in [0.5, 0.6) is 0 Å². The molecule has 0 aliphatic carbocycles. The molecule has 3 aromatic rings. The van der Waals surface area contributed by atoms with Gasteiger partial charge in [0.25, 0.3) is 0 Å². The molecular weight excluding hydrogens is 373 g/mol. The SMILES string of the molecule is Cc1sc(NC(=O)CSc2nncn2C(C)C)nc1-c1ccc(F)cc1. The van der Waals surface area contributed by atoms with Gasteiger partial charge >= 0.3 is 0 Å². The number of hydrogen-bond donors (Lipinski definition) is 1. The Balaban J connectivity index is 1.64. The number of hydrogen-bond acceptors (Lipinski definition) is 6. The molecule has 26 heavy (non-hydrogen) atoms. The largest absolute Gasteiger partial charge is 0.306 e. The monoisotopic (exact) mass is 391 g/mol. The summed E-state index contributed by atoms with van der Waals surface area (Å²) in [6.07, 6.45) is 1.66. The van der Waals surface area contributed by atoms with Crippen LogP contribution < -0.4 is 5.32 Å². The van der Waals surface area contributed by atoms with Crippen LogP contribution >= 0.6 is 23.1 Å². The van der Waals surface area contributed by atoms with Gasteiger partial charge in [0.05, 0.1) is 11.4 Å². The minimum Gasteiger partial charge on any atom is -0.306 e. The first-order valence-electron chi connectivity index (χ1n) is 7.99. The number of carbonyl (C=O) groups excluding carboxylic acids is 1. The van der Waals surface area contributed by atoms with Crippen molar-refractivity contribution in [3.05, 3.63) is 41.3 Å². The number of rotatable bonds is 6. The van der Waals surface area contributed by atoms with Gasteiger partial charge in [-0.3, -0.25) is 4.79 Å². The summed E-state index contributed by atoms with van der Waals surface area (Å²) in [5, 5.41) is 12.0. The predicted molar refractivity (Wildman–Crippen MR) is 102 cm³/mol. The molecule has 0 fully saturated rings. The Labute approximate surface area is 158 Å². The van der Waals surface area contributed by atoms with Crippen LogP contribution in [0.3, 0.4) is 0 Å². The fourth-order valence-corrected chi connectivity index (χ4v) is 4.00. The van der Waals surface area contributed by atoms with Crippen LogP contribution in [0.4, 0.5) is 9.52 Å². The average molecular weight is 391 g/mol. The van der Waals surface area contributed by atoms with Crippen molar-refractivity contribution in [3.63, 3.8) is 0 Å². The topological polar surface area (TPSA) is 72.7 Å². The van der Waals surface area contributed by atoms with E-state index in [1.165, 1.54) is 35.2 Å². The first-order chi connectivity index (χ1) is 12.4. The van der Waals surface area contributed by atoms with Crippen molar-refractivity contribution >= 4 is 34.1 Å². The van der Waals surface area contributed by atoms with Gasteiger partial charge in [-0.2, -0.15) is 0 Å². The second-order valence-electron chi connectivity index (χ2n) is 5.88. The van der Waals surface area contributed by atoms with Crippen molar-refractivity contribution in [2.24, 2.45) is 0 Å². The summed E-state index contributed by atoms with van der Waals surface area (Å²) in [5.74, 6) is -0.232. The molecule has 9 heteroatoms. The average Bonchev–Trinajstić information content (AvgIpc) is 3.20. The van der Waals surface area contributed by atoms with Crippen molar-refractivity contribution in [2.45, 2.75) is 32.0 Å². The molecular formula is C17H18FN5OS2. The van der Waals surface area contributed by atoms with Crippen LogP contribution in [0.2, 0.25) is 0 Å². The van der Waals surface area contributed by atoms with Gasteiger partial charge in [-0.25, -0.2) is 9.37 Å². The maximum atomic E-state index is 13.1. The van der Waals surface area contributed by atoms with Gasteiger partial charge in [-0.1, -0.05) is 11.8 Å². The van der Waals surface area contributed by atoms with E-state index in [0.29, 0.717) is 10.3 Å². The molecule has 6 nitrogen and oxygen atoms in total. The lowest BCUT2D eigenvalue weighted by Crippen LogP contribution is -2.14. The van der Waals surface area contributed by atoms with Crippen molar-refractivity contribution in [1.82, 2.24) is 19.7 Å². The molecule has 0 aliphatic rings. The Morgan fingerprint density at radius 3 is 2.77 bits per heavy atom. The van der Waals surface area contributed by atoms with Crippen molar-refractivity contribution in [1.29, 1.82) is 0 Å². The van der Waals surface area contributed by atoms with Crippen molar-refractivity contribution in [3.8, 4) is 11.3 Å². The van der Waals surface area contributed by atoms with E-state index < -0.39 is 0 Å². The smallest absolute Gasteiger partial charge is 0.236 e. The summed E-state index contributed by atoms with van der Waals surface area (Å²) >= 11 is 2.72. The molecule has 2 heterocycles. The maximum Gasteiger partial charge on any atom is 0.236 e. The quantitative estimate of drug-likeness (QED) is 0.639. The Hall–Kier alpha value is -2.26. The van der Waals surface area contributed by atoms with Gasteiger partial charge in [0.2, 0.25) is 5.91 Å². The Bertz CT molecular complexity index is 904. The van der Waals surface area contributed by atoms with E-state index in [9.17, 15) is 9.18 Å². The number of nitrogens with one attached hydrogen (secondary N) is 1. The molecule has 1 aromatic carbocycles. The molecule has 0 unspecified atom stereocenters. The molecule has 0 aliphatic heterocycles. The predicted octanol–water partition coefficient (Wildman–Crippen LogP) is 4.16. The molecule has 2 aromatic heterocycles. The van der Waals surface area contributed by atoms with E-state index in [1.54, 1.807) is 18.5 Å². The summed E-state index contributed by atoms with van der Waals surface area (Å²) in [6.45, 7) is 5.98. The molecule has 1 amide bonds. The Morgan fingerprint density at radius 2 is 2.08 bits per heavy atom. The van der Waals surface area contributed by atoms with Crippen LogP contribution in [-0.2, 0) is 4.79 Å². The van der Waals surface area contributed by atoms with Gasteiger partial charge in [0.1, 0.15) is 12.1 Å². The number of thiazole rings is 1. The van der Waals surface area contributed by atoms with Gasteiger partial charge in [-0.15, -0.1) is 21.5 Å². The maximum absolute atomic E-state index is 13.1. The highest BCUT2D eigenvalue weighted by molar-refractivity contribution is 7.99. The molecule has 1 N–H and O–H groups in total. The molecule has 0 atom stereocenters. The fraction of sp³-hybridized carbons (Fsp3) is 0.294. The summed E-state index contributed by atoms with van der Waals surface area (Å²) in [5.41, 5.74) is 1.57. The van der Waals surface area contributed by atoms with Crippen molar-refractivity contribution in [2.75, 3.05) is 11.1 Å². The number of amides is 1. The Kier molecular flexibility index (Phi) is 5.67. The second kappa shape index (κ2) is 7.96. The lowest BCUT2D eigenvalue weighted by molar-refractivity contribution is -0.113. The van der Waals surface area contributed by atoms with E-state index in [4.69, 9.17) is 0 Å². The minimum absolute atomic E-state index is 0.160. The van der Waals surface area contributed by atoms with Crippen LogP contribution in [-0.4, -0.2) is 31.4 Å². The van der Waals surface area contributed by atoms with Crippen LogP contribution in [0.1, 0.15) is 24.8 Å². The number of halogens is 1. The molecule has 0 saturated carbocycles. The summed E-state index contributed by atoms with van der Waals surface area (Å²) in [6, 6.07) is 6.38. The lowest BCUT2D eigenvalue weighted by atomic mass is 10.1. The van der Waals surface area contributed by atoms with E-state index in [1.807, 2.05) is 25.3 Å². The van der Waals surface area contributed by atoms with Crippen molar-refractivity contribution < 1.29 is 9.18 Å². The zero-order valence-corrected chi connectivity index (χ0v) is 16.2. The van der Waals surface area contributed by atoms with Crippen LogP contribution in [0, 0.1) is 12.7 Å². The molecule has 0 radical (unpaired) electrons. The zero-order valence-electron chi connectivity index (χ0n) is 14.6. The van der Waals surface area contributed by atoms with E-state index in [2.05, 4.69) is 20.5 Å². The third-order valence-electron chi connectivity index (χ3n) is 3.59. The van der Waals surface area contributed by atoms with Crippen LogP contribution in [0.25, 0.3) is 11.3 Å². The van der Waals surface area contributed by atoms with Crippen LogP contribution in [0.15, 0.2) is 35.7 Å². The number of thioether (sulfide) groups is 1. The molecule has 3 rings (SSSR count). The Morgan fingerprint density at radius 1 is 1.35 bits per heavy atom. The number of carbonyl (C=O) groups is 1. The van der Waals surface area contributed by atoms with Gasteiger partial charge in [0.15, 0.2) is 10.3 Å². The second-order valence-corrected chi connectivity index (χ2v) is 8.03. The van der Waals surface area contributed by atoms with Gasteiger partial charge in [0, 0.05) is 16.5 Å². The first kappa shape index (κ1) is 18.5. The summed E-state index contributed by atoms with van der Waals surface area (Å²) in [7, 11) is 0.